The monoisotopic (exact) mass is 297 g/mol. The van der Waals surface area contributed by atoms with Gasteiger partial charge in [-0.3, -0.25) is 9.59 Å². The summed E-state index contributed by atoms with van der Waals surface area (Å²) >= 11 is 0. The van der Waals surface area contributed by atoms with Crippen LogP contribution >= 0.6 is 0 Å². The van der Waals surface area contributed by atoms with Gasteiger partial charge in [-0.2, -0.15) is 0 Å². The van der Waals surface area contributed by atoms with E-state index in [9.17, 15) is 14.0 Å². The molecule has 21 heavy (non-hydrogen) atoms. The fourth-order valence-corrected chi connectivity index (χ4v) is 1.79. The highest BCUT2D eigenvalue weighted by Gasteiger charge is 2.18. The number of ether oxygens (including phenoxy) is 2. The highest BCUT2D eigenvalue weighted by molar-refractivity contribution is 5.77. The van der Waals surface area contributed by atoms with Crippen molar-refractivity contribution in [3.05, 3.63) is 30.1 Å². The van der Waals surface area contributed by atoms with E-state index in [4.69, 9.17) is 4.74 Å². The largest absolute Gasteiger partial charge is 0.493 e. The van der Waals surface area contributed by atoms with E-state index in [1.165, 1.54) is 30.2 Å². The standard InChI is InChI=1S/C15H20FNO4/c1-11(15(19)20-3)10-17(2)14(18)7-8-21-13-6-4-5-12(16)9-13/h4-6,9,11H,7-8,10H2,1-3H3. The number of amides is 1. The molecule has 1 aromatic carbocycles. The summed E-state index contributed by atoms with van der Waals surface area (Å²) in [6.07, 6.45) is 0.154. The van der Waals surface area contributed by atoms with Crippen LogP contribution < -0.4 is 4.74 Å². The van der Waals surface area contributed by atoms with Crippen molar-refractivity contribution in [2.75, 3.05) is 27.3 Å². The van der Waals surface area contributed by atoms with Crippen molar-refractivity contribution in [2.45, 2.75) is 13.3 Å². The zero-order valence-electron chi connectivity index (χ0n) is 12.5. The van der Waals surface area contributed by atoms with Crippen molar-refractivity contribution in [3.63, 3.8) is 0 Å². The minimum atomic E-state index is -0.386. The van der Waals surface area contributed by atoms with E-state index >= 15 is 0 Å². The lowest BCUT2D eigenvalue weighted by Gasteiger charge is -2.20. The molecule has 5 nitrogen and oxygen atoms in total. The fraction of sp³-hybridized carbons (Fsp3) is 0.467. The van der Waals surface area contributed by atoms with E-state index in [-0.39, 0.29) is 43.2 Å². The molecule has 6 heteroatoms. The molecular weight excluding hydrogens is 277 g/mol. The van der Waals surface area contributed by atoms with Gasteiger partial charge in [-0.1, -0.05) is 13.0 Å². The van der Waals surface area contributed by atoms with Crippen LogP contribution in [0.3, 0.4) is 0 Å². The molecule has 0 spiro atoms. The highest BCUT2D eigenvalue weighted by Crippen LogP contribution is 2.12. The normalized spacial score (nSPS) is 11.6. The first-order valence-electron chi connectivity index (χ1n) is 6.64. The second-order valence-electron chi connectivity index (χ2n) is 4.75. The quantitative estimate of drug-likeness (QED) is 0.721. The van der Waals surface area contributed by atoms with Crippen LogP contribution in [-0.2, 0) is 14.3 Å². The SMILES string of the molecule is COC(=O)C(C)CN(C)C(=O)CCOc1cccc(F)c1. The zero-order valence-corrected chi connectivity index (χ0v) is 12.5. The first kappa shape index (κ1) is 16.9. The maximum absolute atomic E-state index is 12.9. The van der Waals surface area contributed by atoms with Crippen LogP contribution in [0.1, 0.15) is 13.3 Å². The summed E-state index contributed by atoms with van der Waals surface area (Å²) in [7, 11) is 2.93. The molecule has 1 aromatic rings. The van der Waals surface area contributed by atoms with Gasteiger partial charge in [-0.15, -0.1) is 0 Å². The lowest BCUT2D eigenvalue weighted by molar-refractivity contribution is -0.146. The van der Waals surface area contributed by atoms with Gasteiger partial charge in [-0.25, -0.2) is 4.39 Å². The Morgan fingerprint density at radius 2 is 2.10 bits per heavy atom. The van der Waals surface area contributed by atoms with Crippen LogP contribution in [0.25, 0.3) is 0 Å². The summed E-state index contributed by atoms with van der Waals surface area (Å²) in [6.45, 7) is 2.13. The molecule has 0 aliphatic carbocycles. The molecule has 1 amide bonds. The molecule has 0 heterocycles. The van der Waals surface area contributed by atoms with Crippen LogP contribution in [0.15, 0.2) is 24.3 Å². The molecule has 116 valence electrons. The third-order valence-electron chi connectivity index (χ3n) is 2.96. The Hall–Kier alpha value is -2.11. The van der Waals surface area contributed by atoms with Gasteiger partial charge in [0, 0.05) is 19.7 Å². The maximum atomic E-state index is 12.9. The van der Waals surface area contributed by atoms with Crippen molar-refractivity contribution >= 4 is 11.9 Å². The molecule has 0 N–H and O–H groups in total. The molecule has 0 aromatic heterocycles. The summed E-state index contributed by atoms with van der Waals surface area (Å²) in [5.41, 5.74) is 0. The van der Waals surface area contributed by atoms with Gasteiger partial charge in [0.2, 0.25) is 5.91 Å². The van der Waals surface area contributed by atoms with Gasteiger partial charge in [0.25, 0.3) is 0 Å². The van der Waals surface area contributed by atoms with E-state index in [0.29, 0.717) is 5.75 Å². The van der Waals surface area contributed by atoms with Crippen molar-refractivity contribution in [1.82, 2.24) is 4.90 Å². The topological polar surface area (TPSA) is 55.8 Å². The molecule has 0 saturated carbocycles. The predicted molar refractivity (Wildman–Crippen MR) is 75.3 cm³/mol. The lowest BCUT2D eigenvalue weighted by atomic mass is 10.1. The van der Waals surface area contributed by atoms with Gasteiger partial charge < -0.3 is 14.4 Å². The van der Waals surface area contributed by atoms with Gasteiger partial charge in [-0.05, 0) is 12.1 Å². The predicted octanol–water partition coefficient (Wildman–Crippen LogP) is 1.86. The Bertz CT molecular complexity index is 492. The van der Waals surface area contributed by atoms with E-state index < -0.39 is 0 Å². The Morgan fingerprint density at radius 1 is 1.38 bits per heavy atom. The third kappa shape index (κ3) is 5.81. The Morgan fingerprint density at radius 3 is 2.71 bits per heavy atom. The molecule has 0 radical (unpaired) electrons. The molecular formula is C15H20FNO4. The zero-order chi connectivity index (χ0) is 15.8. The third-order valence-corrected chi connectivity index (χ3v) is 2.96. The summed E-state index contributed by atoms with van der Waals surface area (Å²) in [5, 5.41) is 0. The summed E-state index contributed by atoms with van der Waals surface area (Å²) in [5.74, 6) is -0.892. The van der Waals surface area contributed by atoms with Crippen LogP contribution in [-0.4, -0.2) is 44.1 Å². The average Bonchev–Trinajstić information content (AvgIpc) is 2.46. The second kappa shape index (κ2) is 8.24. The number of esters is 1. The molecule has 1 unspecified atom stereocenters. The minimum Gasteiger partial charge on any atom is -0.493 e. The Kier molecular flexibility index (Phi) is 6.65. The number of benzene rings is 1. The maximum Gasteiger partial charge on any atom is 0.310 e. The van der Waals surface area contributed by atoms with E-state index in [0.717, 1.165) is 0 Å². The van der Waals surface area contributed by atoms with E-state index in [1.807, 2.05) is 0 Å². The molecule has 1 atom stereocenters. The second-order valence-corrected chi connectivity index (χ2v) is 4.75. The van der Waals surface area contributed by atoms with Crippen LogP contribution in [0.2, 0.25) is 0 Å². The first-order chi connectivity index (χ1) is 9.93. The number of rotatable bonds is 7. The van der Waals surface area contributed by atoms with Gasteiger partial charge >= 0.3 is 5.97 Å². The molecule has 1 rings (SSSR count). The molecule has 0 aliphatic heterocycles. The molecule has 0 aliphatic rings. The number of carbonyl (C=O) groups is 2. The Labute approximate surface area is 123 Å². The highest BCUT2D eigenvalue weighted by atomic mass is 19.1. The number of methoxy groups -OCH3 is 1. The molecule has 0 saturated heterocycles. The number of hydrogen-bond donors (Lipinski definition) is 0. The summed E-state index contributed by atoms with van der Waals surface area (Å²) < 4.78 is 22.8. The molecule has 0 bridgehead atoms. The lowest BCUT2D eigenvalue weighted by Crippen LogP contribution is -2.34. The summed E-state index contributed by atoms with van der Waals surface area (Å²) in [6, 6.07) is 5.74. The smallest absolute Gasteiger partial charge is 0.310 e. The van der Waals surface area contributed by atoms with Gasteiger partial charge in [0.1, 0.15) is 11.6 Å². The van der Waals surface area contributed by atoms with Gasteiger partial charge in [0.05, 0.1) is 26.1 Å². The number of hydrogen-bond acceptors (Lipinski definition) is 4. The average molecular weight is 297 g/mol. The van der Waals surface area contributed by atoms with Crippen LogP contribution in [0, 0.1) is 11.7 Å². The summed E-state index contributed by atoms with van der Waals surface area (Å²) in [4.78, 5) is 24.6. The van der Waals surface area contributed by atoms with Crippen molar-refractivity contribution in [2.24, 2.45) is 5.92 Å². The number of halogens is 1. The van der Waals surface area contributed by atoms with E-state index in [2.05, 4.69) is 4.74 Å². The van der Waals surface area contributed by atoms with E-state index in [1.54, 1.807) is 20.0 Å². The Balaban J connectivity index is 2.34. The number of carbonyl (C=O) groups excluding carboxylic acids is 2. The fourth-order valence-electron chi connectivity index (χ4n) is 1.79. The van der Waals surface area contributed by atoms with Crippen molar-refractivity contribution in [1.29, 1.82) is 0 Å². The molecule has 0 fully saturated rings. The van der Waals surface area contributed by atoms with Crippen LogP contribution in [0.4, 0.5) is 4.39 Å². The van der Waals surface area contributed by atoms with Crippen molar-refractivity contribution in [3.8, 4) is 5.75 Å². The van der Waals surface area contributed by atoms with Gasteiger partial charge in [0.15, 0.2) is 0 Å². The minimum absolute atomic E-state index is 0.151. The van der Waals surface area contributed by atoms with Crippen LogP contribution in [0.5, 0.6) is 5.75 Å². The van der Waals surface area contributed by atoms with Crippen molar-refractivity contribution < 1.29 is 23.5 Å². The first-order valence-corrected chi connectivity index (χ1v) is 6.64. The number of nitrogens with zero attached hydrogens (tertiary/aromatic N) is 1.